The largest absolute Gasteiger partial charge is 0.496 e. The molecule has 0 aliphatic heterocycles. The van der Waals surface area contributed by atoms with Crippen molar-refractivity contribution in [2.24, 2.45) is 0 Å². The lowest BCUT2D eigenvalue weighted by Crippen LogP contribution is -2.35. The third-order valence-electron chi connectivity index (χ3n) is 5.37. The predicted molar refractivity (Wildman–Crippen MR) is 134 cm³/mol. The van der Waals surface area contributed by atoms with Crippen LogP contribution in [0.5, 0.6) is 5.75 Å². The van der Waals surface area contributed by atoms with Crippen molar-refractivity contribution in [3.63, 3.8) is 0 Å². The van der Waals surface area contributed by atoms with Crippen molar-refractivity contribution in [1.82, 2.24) is 30.4 Å². The van der Waals surface area contributed by atoms with Crippen molar-refractivity contribution in [2.75, 3.05) is 7.11 Å². The number of hydrazine groups is 1. The van der Waals surface area contributed by atoms with Crippen LogP contribution in [0.3, 0.4) is 0 Å². The van der Waals surface area contributed by atoms with Crippen molar-refractivity contribution in [1.29, 1.82) is 0 Å². The van der Waals surface area contributed by atoms with Gasteiger partial charge in [0.1, 0.15) is 11.6 Å². The van der Waals surface area contributed by atoms with Crippen LogP contribution in [0.4, 0.5) is 0 Å². The van der Waals surface area contributed by atoms with Gasteiger partial charge in [-0.05, 0) is 61.9 Å². The number of carbonyl (C=O) groups excluding carboxylic acids is 1. The highest BCUT2D eigenvalue weighted by Gasteiger charge is 2.12. The van der Waals surface area contributed by atoms with Gasteiger partial charge in [-0.25, -0.2) is 15.0 Å². The second-order valence-corrected chi connectivity index (χ2v) is 8.45. The van der Waals surface area contributed by atoms with Crippen LogP contribution in [0.1, 0.15) is 34.2 Å². The Morgan fingerprint density at radius 3 is 2.62 bits per heavy atom. The lowest BCUT2D eigenvalue weighted by molar-refractivity contribution is 0.0942. The van der Waals surface area contributed by atoms with Gasteiger partial charge in [0, 0.05) is 35.8 Å². The molecular weight excluding hydrogens is 448 g/mol. The maximum Gasteiger partial charge on any atom is 0.269 e. The van der Waals surface area contributed by atoms with E-state index in [9.17, 15) is 4.79 Å². The molecule has 0 saturated carbocycles. The Balaban J connectivity index is 1.43. The number of nitrogens with zero attached hydrogens (tertiary/aromatic N) is 4. The monoisotopic (exact) mass is 474 g/mol. The number of amides is 1. The zero-order chi connectivity index (χ0) is 24.1. The normalized spacial score (nSPS) is 10.8. The summed E-state index contributed by atoms with van der Waals surface area (Å²) in [5.41, 5.74) is 10.3. The number of benzene rings is 2. The van der Waals surface area contributed by atoms with E-state index in [0.717, 1.165) is 40.3 Å². The number of rotatable bonds is 9. The lowest BCUT2D eigenvalue weighted by atomic mass is 10.1. The molecule has 0 bridgehead atoms. The summed E-state index contributed by atoms with van der Waals surface area (Å²) in [6.07, 6.45) is 3.43. The topological polar surface area (TPSA) is 94.0 Å². The Bertz CT molecular complexity index is 1340. The molecule has 2 aromatic heterocycles. The molecule has 2 N–H and O–H groups in total. The number of methoxy groups -OCH3 is 1. The molecule has 0 atom stereocenters. The van der Waals surface area contributed by atoms with Crippen LogP contribution in [0, 0.1) is 6.92 Å². The maximum absolute atomic E-state index is 12.7. The minimum atomic E-state index is -0.266. The number of fused-ring (bicyclic) bond motifs is 1. The summed E-state index contributed by atoms with van der Waals surface area (Å²) < 4.78 is 7.61. The zero-order valence-corrected chi connectivity index (χ0v) is 20.1. The third-order valence-corrected chi connectivity index (χ3v) is 6.30. The van der Waals surface area contributed by atoms with Crippen molar-refractivity contribution in [3.8, 4) is 5.75 Å². The molecule has 0 saturated heterocycles. The standard InChI is InChI=1S/C25H26N6O2S/c1-5-31-17(3)28-21-14-19(7-9-22(21)31)24(32)30-29-16(2)18-8-10-23(33-4)20(13-18)15-34-25-26-11-6-12-27-25/h6-14,29H,2,5,15H2,1,3-4H3,(H,30,32). The molecule has 9 heteroatoms. The van der Waals surface area contributed by atoms with E-state index in [-0.39, 0.29) is 5.91 Å². The molecule has 1 amide bonds. The van der Waals surface area contributed by atoms with Crippen LogP contribution in [0.15, 0.2) is 66.6 Å². The van der Waals surface area contributed by atoms with E-state index < -0.39 is 0 Å². The fraction of sp³-hybridized carbons (Fsp3) is 0.200. The Morgan fingerprint density at radius 1 is 1.12 bits per heavy atom. The van der Waals surface area contributed by atoms with Crippen molar-refractivity contribution in [3.05, 3.63) is 84.0 Å². The maximum atomic E-state index is 12.7. The average molecular weight is 475 g/mol. The quantitative estimate of drug-likeness (QED) is 0.211. The molecule has 0 spiro atoms. The number of imidazole rings is 1. The molecule has 4 aromatic rings. The Morgan fingerprint density at radius 2 is 1.88 bits per heavy atom. The number of carbonyl (C=O) groups is 1. The molecule has 0 unspecified atom stereocenters. The number of aryl methyl sites for hydroxylation is 2. The number of aromatic nitrogens is 4. The van der Waals surface area contributed by atoms with Gasteiger partial charge >= 0.3 is 0 Å². The van der Waals surface area contributed by atoms with Gasteiger partial charge in [0.15, 0.2) is 5.16 Å². The summed E-state index contributed by atoms with van der Waals surface area (Å²) in [5, 5.41) is 0.690. The first-order valence-corrected chi connectivity index (χ1v) is 11.8. The number of ether oxygens (including phenoxy) is 1. The van der Waals surface area contributed by atoms with E-state index in [4.69, 9.17) is 4.74 Å². The van der Waals surface area contributed by atoms with Gasteiger partial charge in [-0.3, -0.25) is 15.6 Å². The van der Waals surface area contributed by atoms with Crippen LogP contribution in [0.2, 0.25) is 0 Å². The number of hydrogen-bond donors (Lipinski definition) is 2. The van der Waals surface area contributed by atoms with Crippen LogP contribution in [-0.2, 0) is 12.3 Å². The van der Waals surface area contributed by atoms with Gasteiger partial charge < -0.3 is 9.30 Å². The van der Waals surface area contributed by atoms with Gasteiger partial charge in [0.25, 0.3) is 5.91 Å². The van der Waals surface area contributed by atoms with Gasteiger partial charge in [-0.15, -0.1) is 0 Å². The first-order chi connectivity index (χ1) is 16.5. The summed E-state index contributed by atoms with van der Waals surface area (Å²) in [4.78, 5) is 25.8. The highest BCUT2D eigenvalue weighted by molar-refractivity contribution is 7.98. The molecular formula is C25H26N6O2S. The number of hydrogen-bond acceptors (Lipinski definition) is 7. The molecule has 0 fully saturated rings. The number of nitrogens with one attached hydrogen (secondary N) is 2. The predicted octanol–water partition coefficient (Wildman–Crippen LogP) is 4.36. The summed E-state index contributed by atoms with van der Waals surface area (Å²) in [6.45, 7) is 8.93. The first kappa shape index (κ1) is 23.3. The average Bonchev–Trinajstić information content (AvgIpc) is 3.20. The molecule has 174 valence electrons. The van der Waals surface area contributed by atoms with E-state index in [1.54, 1.807) is 37.7 Å². The molecule has 34 heavy (non-hydrogen) atoms. The lowest BCUT2D eigenvalue weighted by Gasteiger charge is -2.14. The summed E-state index contributed by atoms with van der Waals surface area (Å²) >= 11 is 1.51. The van der Waals surface area contributed by atoms with E-state index in [2.05, 4.69) is 43.9 Å². The van der Waals surface area contributed by atoms with Gasteiger partial charge in [0.2, 0.25) is 0 Å². The molecule has 0 aliphatic carbocycles. The van der Waals surface area contributed by atoms with Crippen molar-refractivity contribution >= 4 is 34.4 Å². The fourth-order valence-corrected chi connectivity index (χ4v) is 4.43. The molecule has 2 heterocycles. The zero-order valence-electron chi connectivity index (χ0n) is 19.3. The summed E-state index contributed by atoms with van der Waals surface area (Å²) in [7, 11) is 1.64. The van der Waals surface area contributed by atoms with Crippen LogP contribution in [-0.4, -0.2) is 32.5 Å². The van der Waals surface area contributed by atoms with Gasteiger partial charge in [-0.2, -0.15) is 0 Å². The Kier molecular flexibility index (Phi) is 7.12. The minimum Gasteiger partial charge on any atom is -0.496 e. The van der Waals surface area contributed by atoms with Crippen LogP contribution in [0.25, 0.3) is 16.7 Å². The van der Waals surface area contributed by atoms with E-state index in [1.165, 1.54) is 11.8 Å². The van der Waals surface area contributed by atoms with E-state index >= 15 is 0 Å². The van der Waals surface area contributed by atoms with Gasteiger partial charge in [-0.1, -0.05) is 18.3 Å². The first-order valence-electron chi connectivity index (χ1n) is 10.8. The smallest absolute Gasteiger partial charge is 0.269 e. The third kappa shape index (κ3) is 5.04. The Hall–Kier alpha value is -3.85. The number of thioether (sulfide) groups is 1. The SMILES string of the molecule is C=C(NNC(=O)c1ccc2c(c1)nc(C)n2CC)c1ccc(OC)c(CSc2ncccn2)c1. The second kappa shape index (κ2) is 10.4. The van der Waals surface area contributed by atoms with Crippen molar-refractivity contribution < 1.29 is 9.53 Å². The molecule has 0 aliphatic rings. The molecule has 4 rings (SSSR count). The highest BCUT2D eigenvalue weighted by atomic mass is 32.2. The molecule has 0 radical (unpaired) electrons. The summed E-state index contributed by atoms with van der Waals surface area (Å²) in [5.74, 6) is 2.05. The van der Waals surface area contributed by atoms with Crippen LogP contribution < -0.4 is 15.6 Å². The van der Waals surface area contributed by atoms with Crippen LogP contribution >= 0.6 is 11.8 Å². The minimum absolute atomic E-state index is 0.266. The highest BCUT2D eigenvalue weighted by Crippen LogP contribution is 2.28. The molecule has 2 aromatic carbocycles. The summed E-state index contributed by atoms with van der Waals surface area (Å²) in [6, 6.07) is 13.0. The van der Waals surface area contributed by atoms with E-state index in [1.807, 2.05) is 31.2 Å². The van der Waals surface area contributed by atoms with E-state index in [0.29, 0.717) is 22.2 Å². The van der Waals surface area contributed by atoms with Crippen molar-refractivity contribution in [2.45, 2.75) is 31.3 Å². The molecule has 8 nitrogen and oxygen atoms in total. The Labute approximate surface area is 202 Å². The fourth-order valence-electron chi connectivity index (χ4n) is 3.65. The van der Waals surface area contributed by atoms with Gasteiger partial charge in [0.05, 0.1) is 23.8 Å². The second-order valence-electron chi connectivity index (χ2n) is 7.51.